The van der Waals surface area contributed by atoms with Crippen molar-refractivity contribution in [3.8, 4) is 0 Å². The molecule has 1 unspecified atom stereocenters. The van der Waals surface area contributed by atoms with Crippen molar-refractivity contribution >= 4 is 13.8 Å². The van der Waals surface area contributed by atoms with Crippen molar-refractivity contribution in [3.05, 3.63) is 12.2 Å². The molecule has 0 amide bonds. The summed E-state index contributed by atoms with van der Waals surface area (Å²) < 4.78 is 13.4. The molecule has 0 aromatic carbocycles. The van der Waals surface area contributed by atoms with Gasteiger partial charge in [0.2, 0.25) is 0 Å². The molecule has 0 aromatic rings. The molecule has 0 radical (unpaired) electrons. The maximum atomic E-state index is 11.4. The van der Waals surface area contributed by atoms with Gasteiger partial charge in [-0.05, 0) is 32.1 Å². The van der Waals surface area contributed by atoms with Gasteiger partial charge in [0, 0.05) is 6.42 Å². The van der Waals surface area contributed by atoms with Crippen LogP contribution in [0.4, 0.5) is 0 Å². The van der Waals surface area contributed by atoms with Crippen molar-refractivity contribution < 1.29 is 128 Å². The number of hydrogen-bond acceptors (Lipinski definition) is 8. The first-order valence-electron chi connectivity index (χ1n) is 11.0. The number of phosphoric acid groups is 1. The van der Waals surface area contributed by atoms with E-state index in [0.29, 0.717) is 6.42 Å². The van der Waals surface area contributed by atoms with E-state index in [-0.39, 0.29) is 108 Å². The van der Waals surface area contributed by atoms with Crippen LogP contribution in [0.1, 0.15) is 96.8 Å². The second-order valence-corrected chi connectivity index (χ2v) is 8.20. The molecule has 0 aromatic heterocycles. The number of unbranched alkanes of at least 4 members (excludes halogenated alkanes) is 11. The molecule has 0 bridgehead atoms. The zero-order valence-electron chi connectivity index (χ0n) is 21.3. The molecule has 0 aliphatic rings. The van der Waals surface area contributed by atoms with Gasteiger partial charge >= 0.3 is 94.6 Å². The number of ether oxygens (including phenoxy) is 1. The average Bonchev–Trinajstić information content (AvgIpc) is 2.67. The van der Waals surface area contributed by atoms with Crippen LogP contribution in [0.25, 0.3) is 0 Å². The summed E-state index contributed by atoms with van der Waals surface area (Å²) >= 11 is 0. The molecule has 180 valence electrons. The van der Waals surface area contributed by atoms with Crippen molar-refractivity contribution in [2.75, 3.05) is 13.2 Å². The Labute approximate surface area is 266 Å². The molecule has 33 heavy (non-hydrogen) atoms. The van der Waals surface area contributed by atoms with Gasteiger partial charge in [-0.3, -0.25) is 4.79 Å². The maximum absolute atomic E-state index is 11.4. The standard InChI is InChI=1S/C21H40O4.3Na.H3O4P/c1-2-3-4-5-6-7-8-9-10-11-12-13-14-15-16-17-21(24)25-19-20(23)18-22;;;;1-5(2,3)4/h9-10,20,22-23H,2-8,11-19H2,1H3;;;;(H3,1,2,3,4)/q;3*+1;/p-3/b10-9-;;;;. The third-order valence-corrected chi connectivity index (χ3v) is 4.29. The van der Waals surface area contributed by atoms with Crippen molar-refractivity contribution in [1.29, 1.82) is 0 Å². The molecule has 0 fully saturated rings. The fourth-order valence-corrected chi connectivity index (χ4v) is 2.65. The first kappa shape index (κ1) is 45.2. The summed E-state index contributed by atoms with van der Waals surface area (Å²) in [6.07, 6.45) is 20.1. The smallest absolute Gasteiger partial charge is 0.822 e. The normalized spacial score (nSPS) is 11.3. The Morgan fingerprint density at radius 3 is 1.67 bits per heavy atom. The summed E-state index contributed by atoms with van der Waals surface area (Å²) in [7, 11) is -5.39. The third kappa shape index (κ3) is 51.7. The average molecular weight is 520 g/mol. The molecule has 8 nitrogen and oxygen atoms in total. The maximum Gasteiger partial charge on any atom is 1.00 e. The Bertz CT molecular complexity index is 457. The molecular formula is C21H40Na3O8P. The Balaban J connectivity index is -0.000000293. The Morgan fingerprint density at radius 1 is 0.848 bits per heavy atom. The molecule has 0 aliphatic carbocycles. The van der Waals surface area contributed by atoms with Crippen LogP contribution in [0, 0.1) is 0 Å². The zero-order valence-corrected chi connectivity index (χ0v) is 28.2. The van der Waals surface area contributed by atoms with Crippen molar-refractivity contribution in [3.63, 3.8) is 0 Å². The summed E-state index contributed by atoms with van der Waals surface area (Å²) in [5, 5.41) is 17.7. The SMILES string of the molecule is CCCCCCCC/C=C\CCCCCCCC(=O)OCC(O)CO.O=P([O-])([O-])[O-].[Na+].[Na+].[Na+]. The minimum absolute atomic E-state index is 0. The van der Waals surface area contributed by atoms with Crippen LogP contribution in [0.2, 0.25) is 0 Å². The Morgan fingerprint density at radius 2 is 1.24 bits per heavy atom. The number of carbonyl (C=O) groups excluding carboxylic acids is 1. The summed E-state index contributed by atoms with van der Waals surface area (Å²) in [5.74, 6) is -0.287. The van der Waals surface area contributed by atoms with Crippen LogP contribution in [-0.2, 0) is 14.1 Å². The number of aliphatic hydroxyl groups is 2. The van der Waals surface area contributed by atoms with Crippen LogP contribution >= 0.6 is 7.82 Å². The van der Waals surface area contributed by atoms with Crippen LogP contribution in [0.15, 0.2) is 12.2 Å². The van der Waals surface area contributed by atoms with E-state index < -0.39 is 13.9 Å². The van der Waals surface area contributed by atoms with E-state index in [1.807, 2.05) is 0 Å². The van der Waals surface area contributed by atoms with E-state index in [0.717, 1.165) is 25.7 Å². The van der Waals surface area contributed by atoms with E-state index in [4.69, 9.17) is 34.2 Å². The van der Waals surface area contributed by atoms with Gasteiger partial charge < -0.3 is 34.2 Å². The fraction of sp³-hybridized carbons (Fsp3) is 0.857. The third-order valence-electron chi connectivity index (χ3n) is 4.29. The van der Waals surface area contributed by atoms with Crippen LogP contribution < -0.4 is 103 Å². The molecule has 0 rings (SSSR count). The first-order chi connectivity index (χ1) is 14.2. The van der Waals surface area contributed by atoms with Crippen molar-refractivity contribution in [1.82, 2.24) is 0 Å². The number of carbonyl (C=O) groups is 1. The Kier molecular flexibility index (Phi) is 46.9. The monoisotopic (exact) mass is 520 g/mol. The van der Waals surface area contributed by atoms with Crippen molar-refractivity contribution in [2.24, 2.45) is 0 Å². The quantitative estimate of drug-likeness (QED) is 0.0595. The van der Waals surface area contributed by atoms with Crippen LogP contribution in [0.3, 0.4) is 0 Å². The second-order valence-electron chi connectivity index (χ2n) is 7.30. The van der Waals surface area contributed by atoms with E-state index in [1.165, 1.54) is 57.8 Å². The number of aliphatic hydroxyl groups excluding tert-OH is 2. The van der Waals surface area contributed by atoms with Gasteiger partial charge in [0.05, 0.1) is 6.61 Å². The Hall–Kier alpha value is 2.24. The van der Waals surface area contributed by atoms with Crippen LogP contribution in [0.5, 0.6) is 0 Å². The summed E-state index contributed by atoms with van der Waals surface area (Å²) in [5.41, 5.74) is 0. The molecule has 12 heteroatoms. The fourth-order valence-electron chi connectivity index (χ4n) is 2.65. The minimum Gasteiger partial charge on any atom is -0.822 e. The van der Waals surface area contributed by atoms with E-state index in [1.54, 1.807) is 0 Å². The van der Waals surface area contributed by atoms with Gasteiger partial charge in [0.15, 0.2) is 0 Å². The predicted octanol–water partition coefficient (Wildman–Crippen LogP) is -6.89. The van der Waals surface area contributed by atoms with E-state index in [9.17, 15) is 4.79 Å². The molecule has 0 saturated heterocycles. The van der Waals surface area contributed by atoms with Gasteiger partial charge in [-0.15, -0.1) is 0 Å². The molecular weight excluding hydrogens is 480 g/mol. The number of hydrogen-bond donors (Lipinski definition) is 2. The van der Waals surface area contributed by atoms with Gasteiger partial charge in [-0.25, -0.2) is 0 Å². The summed E-state index contributed by atoms with van der Waals surface area (Å²) in [6.45, 7) is 1.77. The largest absolute Gasteiger partial charge is 1.00 e. The molecule has 0 aliphatic heterocycles. The minimum atomic E-state index is -5.39. The molecule has 0 heterocycles. The van der Waals surface area contributed by atoms with Crippen LogP contribution in [-0.4, -0.2) is 35.5 Å². The van der Waals surface area contributed by atoms with Gasteiger partial charge in [0.1, 0.15) is 12.7 Å². The second kappa shape index (κ2) is 34.2. The predicted molar refractivity (Wildman–Crippen MR) is 111 cm³/mol. The molecule has 0 spiro atoms. The molecule has 2 N–H and O–H groups in total. The van der Waals surface area contributed by atoms with Gasteiger partial charge in [0.25, 0.3) is 0 Å². The molecule has 1 atom stereocenters. The topological polar surface area (TPSA) is 153 Å². The summed E-state index contributed by atoms with van der Waals surface area (Å²) in [4.78, 5) is 37.0. The summed E-state index contributed by atoms with van der Waals surface area (Å²) in [6, 6.07) is 0. The zero-order chi connectivity index (χ0) is 23.1. The first-order valence-corrected chi connectivity index (χ1v) is 12.5. The van der Waals surface area contributed by atoms with Gasteiger partial charge in [-0.1, -0.05) is 70.4 Å². The number of esters is 1. The van der Waals surface area contributed by atoms with E-state index >= 15 is 0 Å². The number of allylic oxidation sites excluding steroid dienone is 2. The molecule has 0 saturated carbocycles. The van der Waals surface area contributed by atoms with E-state index in [2.05, 4.69) is 19.1 Å². The number of rotatable bonds is 18. The van der Waals surface area contributed by atoms with Gasteiger partial charge in [-0.2, -0.15) is 7.82 Å². The van der Waals surface area contributed by atoms with Crippen molar-refractivity contribution in [2.45, 2.75) is 103 Å².